The van der Waals surface area contributed by atoms with Crippen molar-refractivity contribution in [2.24, 2.45) is 0 Å². The fourth-order valence-electron chi connectivity index (χ4n) is 2.70. The van der Waals surface area contributed by atoms with Crippen LogP contribution in [0.2, 0.25) is 0 Å². The number of hydrogen-bond donors (Lipinski definition) is 0. The van der Waals surface area contributed by atoms with Crippen molar-refractivity contribution in [3.8, 4) is 0 Å². The number of unbranched alkanes of at least 4 members (excludes halogenated alkanes) is 5. The summed E-state index contributed by atoms with van der Waals surface area (Å²) in [5.41, 5.74) is 1.04. The van der Waals surface area contributed by atoms with E-state index in [-0.39, 0.29) is 5.97 Å². The number of carbonyl (C=O) groups excluding carboxylic acids is 1. The minimum Gasteiger partial charge on any atom is -0.461 e. The molecule has 1 aromatic carbocycles. The molecule has 0 aliphatic rings. The lowest BCUT2D eigenvalue weighted by Crippen LogP contribution is -2.04. The van der Waals surface area contributed by atoms with Gasteiger partial charge < -0.3 is 4.74 Å². The van der Waals surface area contributed by atoms with Gasteiger partial charge in [-0.15, -0.1) is 0 Å². The van der Waals surface area contributed by atoms with Crippen LogP contribution in [0.3, 0.4) is 0 Å². The molecule has 1 rings (SSSR count). The van der Waals surface area contributed by atoms with Crippen molar-refractivity contribution in [2.75, 3.05) is 0 Å². The Morgan fingerprint density at radius 2 is 1.44 bits per heavy atom. The number of ether oxygens (including phenoxy) is 1. The molecule has 0 saturated carbocycles. The molecule has 0 aromatic heterocycles. The SMILES string of the molecule is CC/C=C\C/C=C\C/C=C\CCCCCCCC(=O)OCc1ccccc1. The summed E-state index contributed by atoms with van der Waals surface area (Å²) >= 11 is 0. The second kappa shape index (κ2) is 17.3. The minimum absolute atomic E-state index is 0.0833. The van der Waals surface area contributed by atoms with Crippen LogP contribution >= 0.6 is 0 Å². The lowest BCUT2D eigenvalue weighted by atomic mass is 10.1. The van der Waals surface area contributed by atoms with Crippen LogP contribution in [0.1, 0.15) is 76.7 Å². The molecule has 0 N–H and O–H groups in total. The zero-order valence-corrected chi connectivity index (χ0v) is 16.9. The second-order valence-electron chi connectivity index (χ2n) is 6.75. The number of carbonyl (C=O) groups is 1. The third-order valence-electron chi connectivity index (χ3n) is 4.27. The van der Waals surface area contributed by atoms with Crippen LogP contribution in [-0.2, 0) is 16.1 Å². The molecule has 0 radical (unpaired) electrons. The number of esters is 1. The van der Waals surface area contributed by atoms with E-state index >= 15 is 0 Å². The Bertz CT molecular complexity index is 555. The van der Waals surface area contributed by atoms with E-state index in [2.05, 4.69) is 43.4 Å². The Balaban J connectivity index is 1.87. The number of allylic oxidation sites excluding steroid dienone is 6. The minimum atomic E-state index is -0.0833. The number of benzene rings is 1. The van der Waals surface area contributed by atoms with Crippen molar-refractivity contribution in [2.45, 2.75) is 77.7 Å². The highest BCUT2D eigenvalue weighted by Gasteiger charge is 2.02. The van der Waals surface area contributed by atoms with Gasteiger partial charge in [0.05, 0.1) is 0 Å². The van der Waals surface area contributed by atoms with Crippen LogP contribution in [0.25, 0.3) is 0 Å². The van der Waals surface area contributed by atoms with Crippen molar-refractivity contribution in [3.05, 3.63) is 72.4 Å². The molecule has 0 aliphatic heterocycles. The van der Waals surface area contributed by atoms with Crippen LogP contribution in [0.4, 0.5) is 0 Å². The molecule has 0 fully saturated rings. The molecule has 0 bridgehead atoms. The van der Waals surface area contributed by atoms with E-state index in [1.165, 1.54) is 19.3 Å². The molecule has 27 heavy (non-hydrogen) atoms. The first-order chi connectivity index (χ1) is 13.3. The van der Waals surface area contributed by atoms with E-state index in [1.54, 1.807) is 0 Å². The number of hydrogen-bond acceptors (Lipinski definition) is 2. The van der Waals surface area contributed by atoms with E-state index < -0.39 is 0 Å². The predicted molar refractivity (Wildman–Crippen MR) is 116 cm³/mol. The smallest absolute Gasteiger partial charge is 0.306 e. The fourth-order valence-corrected chi connectivity index (χ4v) is 2.70. The van der Waals surface area contributed by atoms with Crippen LogP contribution in [0, 0.1) is 0 Å². The first-order valence-electron chi connectivity index (χ1n) is 10.5. The van der Waals surface area contributed by atoms with Gasteiger partial charge in [0, 0.05) is 6.42 Å². The largest absolute Gasteiger partial charge is 0.461 e. The summed E-state index contributed by atoms with van der Waals surface area (Å²) in [5, 5.41) is 0. The van der Waals surface area contributed by atoms with Gasteiger partial charge in [-0.2, -0.15) is 0 Å². The average Bonchev–Trinajstić information content (AvgIpc) is 2.70. The molecule has 0 amide bonds. The summed E-state index contributed by atoms with van der Waals surface area (Å²) in [6, 6.07) is 9.83. The summed E-state index contributed by atoms with van der Waals surface area (Å²) < 4.78 is 5.29. The van der Waals surface area contributed by atoms with Gasteiger partial charge in [0.2, 0.25) is 0 Å². The molecule has 0 spiro atoms. The fraction of sp³-hybridized carbons (Fsp3) is 0.480. The summed E-state index contributed by atoms with van der Waals surface area (Å²) in [7, 11) is 0. The maximum atomic E-state index is 11.7. The first kappa shape index (κ1) is 23.0. The number of rotatable bonds is 15. The van der Waals surface area contributed by atoms with E-state index in [1.807, 2.05) is 30.3 Å². The maximum absolute atomic E-state index is 11.7. The summed E-state index contributed by atoms with van der Waals surface area (Å²) in [6.07, 6.45) is 24.0. The van der Waals surface area contributed by atoms with Crippen LogP contribution in [-0.4, -0.2) is 5.97 Å². The third kappa shape index (κ3) is 14.7. The monoisotopic (exact) mass is 368 g/mol. The lowest BCUT2D eigenvalue weighted by molar-refractivity contribution is -0.145. The van der Waals surface area contributed by atoms with Crippen molar-refractivity contribution in [3.63, 3.8) is 0 Å². The van der Waals surface area contributed by atoms with Gasteiger partial charge in [-0.05, 0) is 44.1 Å². The Hall–Kier alpha value is -2.09. The molecule has 148 valence electrons. The Morgan fingerprint density at radius 1 is 0.815 bits per heavy atom. The lowest BCUT2D eigenvalue weighted by Gasteiger charge is -2.05. The molecule has 0 saturated heterocycles. The molecule has 2 heteroatoms. The summed E-state index contributed by atoms with van der Waals surface area (Å²) in [6.45, 7) is 2.54. The highest BCUT2D eigenvalue weighted by molar-refractivity contribution is 5.69. The zero-order valence-electron chi connectivity index (χ0n) is 16.9. The van der Waals surface area contributed by atoms with Gasteiger partial charge >= 0.3 is 5.97 Å². The predicted octanol–water partition coefficient (Wildman–Crippen LogP) is 7.32. The Kier molecular flexibility index (Phi) is 14.7. The van der Waals surface area contributed by atoms with Gasteiger partial charge in [-0.1, -0.05) is 93.0 Å². The van der Waals surface area contributed by atoms with Crippen molar-refractivity contribution < 1.29 is 9.53 Å². The van der Waals surface area contributed by atoms with Gasteiger partial charge in [-0.3, -0.25) is 4.79 Å². The van der Waals surface area contributed by atoms with Gasteiger partial charge in [0.15, 0.2) is 0 Å². The topological polar surface area (TPSA) is 26.3 Å². The molecule has 1 aromatic rings. The van der Waals surface area contributed by atoms with Crippen molar-refractivity contribution in [1.82, 2.24) is 0 Å². The van der Waals surface area contributed by atoms with Crippen molar-refractivity contribution >= 4 is 5.97 Å². The standard InChI is InChI=1S/C25H36O2/c1-2-3-4-5-6-7-8-9-10-11-12-13-14-15-19-22-25(26)27-23-24-20-17-16-18-21-24/h3-4,6-7,9-10,16-18,20-21H,2,5,8,11-15,19,22-23H2,1H3/b4-3-,7-6-,10-9-. The zero-order chi connectivity index (χ0) is 19.4. The summed E-state index contributed by atoms with van der Waals surface area (Å²) in [5.74, 6) is -0.0833. The van der Waals surface area contributed by atoms with Gasteiger partial charge in [0.25, 0.3) is 0 Å². The Labute approximate surface area is 166 Å². The second-order valence-corrected chi connectivity index (χ2v) is 6.75. The third-order valence-corrected chi connectivity index (χ3v) is 4.27. The first-order valence-corrected chi connectivity index (χ1v) is 10.5. The van der Waals surface area contributed by atoms with E-state index in [0.29, 0.717) is 13.0 Å². The molecule has 0 unspecified atom stereocenters. The molecule has 0 atom stereocenters. The highest BCUT2D eigenvalue weighted by atomic mass is 16.5. The molecule has 0 heterocycles. The summed E-state index contributed by atoms with van der Waals surface area (Å²) in [4.78, 5) is 11.7. The quantitative estimate of drug-likeness (QED) is 0.184. The maximum Gasteiger partial charge on any atom is 0.306 e. The van der Waals surface area contributed by atoms with E-state index in [0.717, 1.165) is 44.1 Å². The van der Waals surface area contributed by atoms with E-state index in [4.69, 9.17) is 4.74 Å². The van der Waals surface area contributed by atoms with Gasteiger partial charge in [0.1, 0.15) is 6.61 Å². The van der Waals surface area contributed by atoms with Crippen LogP contribution in [0.15, 0.2) is 66.8 Å². The van der Waals surface area contributed by atoms with Crippen LogP contribution in [0.5, 0.6) is 0 Å². The molecule has 0 aliphatic carbocycles. The average molecular weight is 369 g/mol. The molecule has 2 nitrogen and oxygen atoms in total. The molecular weight excluding hydrogens is 332 g/mol. The van der Waals surface area contributed by atoms with E-state index in [9.17, 15) is 4.79 Å². The normalized spacial score (nSPS) is 11.7. The van der Waals surface area contributed by atoms with Gasteiger partial charge in [-0.25, -0.2) is 0 Å². The van der Waals surface area contributed by atoms with Crippen molar-refractivity contribution in [1.29, 1.82) is 0 Å². The van der Waals surface area contributed by atoms with Crippen LogP contribution < -0.4 is 0 Å². The Morgan fingerprint density at radius 3 is 2.19 bits per heavy atom. The molecular formula is C25H36O2. The highest BCUT2D eigenvalue weighted by Crippen LogP contribution is 2.09.